The zero-order chi connectivity index (χ0) is 50.0. The fourth-order valence-electron chi connectivity index (χ4n) is 7.48. The van der Waals surface area contributed by atoms with E-state index in [1.54, 1.807) is 0 Å². The van der Waals surface area contributed by atoms with E-state index in [1.165, 1.54) is 116 Å². The first-order valence-corrected chi connectivity index (χ1v) is 28.4. The summed E-state index contributed by atoms with van der Waals surface area (Å²) in [5.74, 6) is -1.02. The van der Waals surface area contributed by atoms with Gasteiger partial charge in [0, 0.05) is 19.3 Å². The third-order valence-electron chi connectivity index (χ3n) is 11.7. The lowest BCUT2D eigenvalue weighted by molar-refractivity contribution is -0.167. The van der Waals surface area contributed by atoms with E-state index in [1.807, 2.05) is 0 Å². The third-order valence-corrected chi connectivity index (χ3v) is 11.7. The molecule has 0 unspecified atom stereocenters. The minimum atomic E-state index is -0.825. The summed E-state index contributed by atoms with van der Waals surface area (Å²) in [5.41, 5.74) is 0. The van der Waals surface area contributed by atoms with Crippen LogP contribution in [0.3, 0.4) is 0 Å². The largest absolute Gasteiger partial charge is 0.462 e. The van der Waals surface area contributed by atoms with Crippen molar-refractivity contribution in [3.05, 3.63) is 109 Å². The smallest absolute Gasteiger partial charge is 0.306 e. The van der Waals surface area contributed by atoms with E-state index in [0.717, 1.165) is 83.5 Å². The molecule has 0 bridgehead atoms. The molecule has 0 spiro atoms. The molecular weight excluding hydrogens is 853 g/mol. The molecule has 0 aliphatic carbocycles. The van der Waals surface area contributed by atoms with Gasteiger partial charge >= 0.3 is 17.9 Å². The number of carbonyl (C=O) groups is 3. The lowest BCUT2D eigenvalue weighted by atomic mass is 10.1. The highest BCUT2D eigenvalue weighted by atomic mass is 16.6. The second-order valence-electron chi connectivity index (χ2n) is 18.5. The van der Waals surface area contributed by atoms with Gasteiger partial charge in [-0.1, -0.05) is 220 Å². The van der Waals surface area contributed by atoms with Crippen LogP contribution in [-0.2, 0) is 28.6 Å². The Labute approximate surface area is 425 Å². The number of esters is 3. The van der Waals surface area contributed by atoms with Crippen molar-refractivity contribution in [3.63, 3.8) is 0 Å². The standard InChI is InChI=1S/C63H104O6/c1-4-7-10-13-16-19-22-25-28-30-31-33-36-38-41-44-47-50-53-56-62(65)68-59-60(69-63(66)57-54-51-48-45-42-39-34-27-24-21-18-15-12-9-6-3)58-67-61(64)55-52-49-46-43-40-37-35-32-29-26-23-20-17-14-11-8-5-2/h9,12,17-18,20-21,25-29,34-35,37,42-43,45-46,60H,4-8,10-11,13-16,19,22-24,30-33,36,38-41,44,47-59H2,1-3H3/b12-9-,20-17-,21-18-,28-25-,29-26-,34-27-,37-35-,45-42-,46-43-/t60-/m1/s1. The van der Waals surface area contributed by atoms with Gasteiger partial charge in [0.1, 0.15) is 13.2 Å². The molecule has 1 atom stereocenters. The number of carbonyl (C=O) groups excluding carboxylic acids is 3. The minimum absolute atomic E-state index is 0.114. The van der Waals surface area contributed by atoms with Gasteiger partial charge in [-0.05, 0) is 122 Å². The van der Waals surface area contributed by atoms with E-state index >= 15 is 0 Å². The van der Waals surface area contributed by atoms with Gasteiger partial charge in [0.25, 0.3) is 0 Å². The van der Waals surface area contributed by atoms with Crippen LogP contribution in [0.5, 0.6) is 0 Å². The number of unbranched alkanes of at least 4 members (excludes halogenated alkanes) is 21. The van der Waals surface area contributed by atoms with Crippen molar-refractivity contribution in [2.45, 2.75) is 258 Å². The summed E-state index contributed by atoms with van der Waals surface area (Å²) < 4.78 is 16.8. The molecule has 0 aliphatic rings. The van der Waals surface area contributed by atoms with E-state index in [2.05, 4.69) is 130 Å². The van der Waals surface area contributed by atoms with E-state index in [0.29, 0.717) is 19.3 Å². The lowest BCUT2D eigenvalue weighted by Gasteiger charge is -2.18. The molecule has 0 heterocycles. The molecule has 0 amide bonds. The summed E-state index contributed by atoms with van der Waals surface area (Å²) in [6.07, 6.45) is 76.6. The van der Waals surface area contributed by atoms with Crippen molar-refractivity contribution < 1.29 is 28.6 Å². The quantitative estimate of drug-likeness (QED) is 0.0262. The molecule has 6 nitrogen and oxygen atoms in total. The van der Waals surface area contributed by atoms with Crippen LogP contribution in [-0.4, -0.2) is 37.2 Å². The Morgan fingerprint density at radius 2 is 0.580 bits per heavy atom. The predicted octanol–water partition coefficient (Wildman–Crippen LogP) is 19.1. The third kappa shape index (κ3) is 54.9. The van der Waals surface area contributed by atoms with Gasteiger partial charge < -0.3 is 14.2 Å². The molecule has 69 heavy (non-hydrogen) atoms. The molecule has 392 valence electrons. The minimum Gasteiger partial charge on any atom is -0.462 e. The summed E-state index contributed by atoms with van der Waals surface area (Å²) in [4.78, 5) is 38.1. The summed E-state index contributed by atoms with van der Waals surface area (Å²) in [7, 11) is 0. The number of rotatable bonds is 50. The summed E-state index contributed by atoms with van der Waals surface area (Å²) in [5, 5.41) is 0. The zero-order valence-corrected chi connectivity index (χ0v) is 44.8. The molecule has 0 fully saturated rings. The highest BCUT2D eigenvalue weighted by Gasteiger charge is 2.19. The molecule has 6 heteroatoms. The van der Waals surface area contributed by atoms with E-state index in [-0.39, 0.29) is 44.0 Å². The molecular formula is C63H104O6. The SMILES string of the molecule is CC/C=C\C/C=C\C/C=C\C/C=C\CCCCC(=O)O[C@H](COC(=O)CCC/C=C\C/C=C\C/C=C\C/C=C\CCCCC)COC(=O)CCCCCCCCCCC/C=C\CCCCCCCC. The number of hydrogen-bond acceptors (Lipinski definition) is 6. The first-order valence-electron chi connectivity index (χ1n) is 28.4. The van der Waals surface area contributed by atoms with Crippen LogP contribution in [0.25, 0.3) is 0 Å². The Hall–Kier alpha value is -3.93. The van der Waals surface area contributed by atoms with Crippen molar-refractivity contribution in [2.75, 3.05) is 13.2 Å². The summed E-state index contributed by atoms with van der Waals surface area (Å²) in [6.45, 7) is 6.41. The zero-order valence-electron chi connectivity index (χ0n) is 44.8. The second kappa shape index (κ2) is 56.7. The van der Waals surface area contributed by atoms with Crippen LogP contribution in [0.15, 0.2) is 109 Å². The number of ether oxygens (including phenoxy) is 3. The van der Waals surface area contributed by atoms with Crippen molar-refractivity contribution in [1.29, 1.82) is 0 Å². The molecule has 0 radical (unpaired) electrons. The number of allylic oxidation sites excluding steroid dienone is 18. The monoisotopic (exact) mass is 957 g/mol. The maximum atomic E-state index is 12.8. The van der Waals surface area contributed by atoms with E-state index in [4.69, 9.17) is 14.2 Å². The van der Waals surface area contributed by atoms with Gasteiger partial charge in [0.15, 0.2) is 6.10 Å². The van der Waals surface area contributed by atoms with Crippen LogP contribution >= 0.6 is 0 Å². The maximum absolute atomic E-state index is 12.8. The molecule has 0 saturated carbocycles. The molecule has 0 aliphatic heterocycles. The Morgan fingerprint density at radius 3 is 1.01 bits per heavy atom. The normalized spacial score (nSPS) is 12.9. The Balaban J connectivity index is 4.51. The summed E-state index contributed by atoms with van der Waals surface area (Å²) in [6, 6.07) is 0. The first-order chi connectivity index (χ1) is 34.0. The van der Waals surface area contributed by atoms with Gasteiger partial charge in [-0.25, -0.2) is 0 Å². The molecule has 0 N–H and O–H groups in total. The average molecular weight is 958 g/mol. The highest BCUT2D eigenvalue weighted by Crippen LogP contribution is 2.14. The van der Waals surface area contributed by atoms with Gasteiger partial charge in [-0.15, -0.1) is 0 Å². The molecule has 0 saturated heterocycles. The van der Waals surface area contributed by atoms with E-state index < -0.39 is 6.10 Å². The Morgan fingerprint density at radius 1 is 0.304 bits per heavy atom. The molecule has 0 aromatic carbocycles. The Bertz CT molecular complexity index is 1420. The van der Waals surface area contributed by atoms with Crippen LogP contribution in [0.2, 0.25) is 0 Å². The van der Waals surface area contributed by atoms with Gasteiger partial charge in [-0.3, -0.25) is 14.4 Å². The topological polar surface area (TPSA) is 78.9 Å². The maximum Gasteiger partial charge on any atom is 0.306 e. The van der Waals surface area contributed by atoms with Gasteiger partial charge in [-0.2, -0.15) is 0 Å². The molecule has 0 aromatic rings. The van der Waals surface area contributed by atoms with Crippen LogP contribution in [0, 0.1) is 0 Å². The molecule has 0 rings (SSSR count). The molecule has 0 aromatic heterocycles. The van der Waals surface area contributed by atoms with E-state index in [9.17, 15) is 14.4 Å². The van der Waals surface area contributed by atoms with Crippen LogP contribution < -0.4 is 0 Å². The Kier molecular flexibility index (Phi) is 53.4. The first kappa shape index (κ1) is 65.1. The second-order valence-corrected chi connectivity index (χ2v) is 18.5. The average Bonchev–Trinajstić information content (AvgIpc) is 3.35. The number of hydrogen-bond donors (Lipinski definition) is 0. The van der Waals surface area contributed by atoms with Crippen molar-refractivity contribution in [2.24, 2.45) is 0 Å². The fraction of sp³-hybridized carbons (Fsp3) is 0.667. The van der Waals surface area contributed by atoms with Crippen molar-refractivity contribution in [1.82, 2.24) is 0 Å². The fourth-order valence-corrected chi connectivity index (χ4v) is 7.48. The predicted molar refractivity (Wildman–Crippen MR) is 297 cm³/mol. The lowest BCUT2D eigenvalue weighted by Crippen LogP contribution is -2.30. The van der Waals surface area contributed by atoms with Crippen LogP contribution in [0.1, 0.15) is 252 Å². The highest BCUT2D eigenvalue weighted by molar-refractivity contribution is 5.71. The van der Waals surface area contributed by atoms with Crippen molar-refractivity contribution >= 4 is 17.9 Å². The van der Waals surface area contributed by atoms with Crippen molar-refractivity contribution in [3.8, 4) is 0 Å². The summed E-state index contributed by atoms with van der Waals surface area (Å²) >= 11 is 0. The van der Waals surface area contributed by atoms with Crippen LogP contribution in [0.4, 0.5) is 0 Å². The van der Waals surface area contributed by atoms with Gasteiger partial charge in [0.2, 0.25) is 0 Å². The van der Waals surface area contributed by atoms with Gasteiger partial charge in [0.05, 0.1) is 0 Å².